The van der Waals surface area contributed by atoms with E-state index >= 15 is 0 Å². The summed E-state index contributed by atoms with van der Waals surface area (Å²) in [5.74, 6) is -1.26. The monoisotopic (exact) mass is 369 g/mol. The topological polar surface area (TPSA) is 55.4 Å². The van der Waals surface area contributed by atoms with Gasteiger partial charge < -0.3 is 10.1 Å². The number of fused-ring (bicyclic) bond motifs is 1. The molecule has 8 heteroatoms. The molecule has 1 heterocycles. The zero-order valence-electron chi connectivity index (χ0n) is 12.6. The van der Waals surface area contributed by atoms with Crippen molar-refractivity contribution in [3.8, 4) is 0 Å². The standard InChI is InChI=1S/C17H11ClF3NO3/c18-13-8-10(5-6-12(13)17(19,20)21)22-15(23)14-7-9-3-1-2-4-11(9)16(24)25-14/h1-6,8,14H,7H2,(H,22,23). The van der Waals surface area contributed by atoms with Crippen molar-refractivity contribution >= 4 is 29.2 Å². The van der Waals surface area contributed by atoms with Crippen LogP contribution in [-0.2, 0) is 22.1 Å². The van der Waals surface area contributed by atoms with E-state index in [4.69, 9.17) is 16.3 Å². The lowest BCUT2D eigenvalue weighted by molar-refractivity contribution is -0.137. The molecular formula is C17H11ClF3NO3. The van der Waals surface area contributed by atoms with Crippen LogP contribution >= 0.6 is 11.6 Å². The van der Waals surface area contributed by atoms with Crippen LogP contribution in [0, 0.1) is 0 Å². The Bertz CT molecular complexity index is 851. The number of anilines is 1. The summed E-state index contributed by atoms with van der Waals surface area (Å²) in [5.41, 5.74) is 0.150. The minimum Gasteiger partial charge on any atom is -0.448 e. The van der Waals surface area contributed by atoms with Crippen LogP contribution in [-0.4, -0.2) is 18.0 Å². The van der Waals surface area contributed by atoms with Crippen molar-refractivity contribution in [2.24, 2.45) is 0 Å². The van der Waals surface area contributed by atoms with Gasteiger partial charge in [-0.25, -0.2) is 4.79 Å². The van der Waals surface area contributed by atoms with Crippen molar-refractivity contribution in [2.75, 3.05) is 5.32 Å². The second-order valence-corrected chi connectivity index (χ2v) is 5.84. The number of esters is 1. The van der Waals surface area contributed by atoms with Crippen molar-refractivity contribution < 1.29 is 27.5 Å². The van der Waals surface area contributed by atoms with Crippen molar-refractivity contribution in [3.05, 3.63) is 64.2 Å². The van der Waals surface area contributed by atoms with E-state index in [1.54, 1.807) is 24.3 Å². The Hall–Kier alpha value is -2.54. The SMILES string of the molecule is O=C1OC(C(=O)Nc2ccc(C(F)(F)F)c(Cl)c2)Cc2ccccc21. The summed E-state index contributed by atoms with van der Waals surface area (Å²) in [7, 11) is 0. The quantitative estimate of drug-likeness (QED) is 0.812. The molecule has 3 rings (SSSR count). The summed E-state index contributed by atoms with van der Waals surface area (Å²) in [6, 6.07) is 9.60. The minimum atomic E-state index is -4.58. The Labute approximate surface area is 145 Å². The maximum Gasteiger partial charge on any atom is 0.417 e. The molecule has 0 saturated carbocycles. The lowest BCUT2D eigenvalue weighted by atomic mass is 9.98. The molecular weight excluding hydrogens is 359 g/mol. The largest absolute Gasteiger partial charge is 0.448 e. The lowest BCUT2D eigenvalue weighted by Gasteiger charge is -2.23. The number of halogens is 4. The van der Waals surface area contributed by atoms with Crippen molar-refractivity contribution in [1.29, 1.82) is 0 Å². The van der Waals surface area contributed by atoms with Crippen LogP contribution in [0.15, 0.2) is 42.5 Å². The molecule has 130 valence electrons. The van der Waals surface area contributed by atoms with Gasteiger partial charge in [-0.3, -0.25) is 4.79 Å². The third kappa shape index (κ3) is 3.61. The first kappa shape index (κ1) is 17.3. The Morgan fingerprint density at radius 2 is 1.92 bits per heavy atom. The molecule has 4 nitrogen and oxygen atoms in total. The van der Waals surface area contributed by atoms with Crippen molar-refractivity contribution in [1.82, 2.24) is 0 Å². The molecule has 1 amide bonds. The number of carbonyl (C=O) groups is 2. The van der Waals surface area contributed by atoms with E-state index in [1.807, 2.05) is 0 Å². The fraction of sp³-hybridized carbons (Fsp3) is 0.176. The van der Waals surface area contributed by atoms with E-state index in [-0.39, 0.29) is 12.1 Å². The summed E-state index contributed by atoms with van der Waals surface area (Å²) in [5, 5.41) is 1.88. The van der Waals surface area contributed by atoms with Gasteiger partial charge in [0.25, 0.3) is 5.91 Å². The number of benzene rings is 2. The first-order valence-electron chi connectivity index (χ1n) is 7.22. The first-order chi connectivity index (χ1) is 11.8. The lowest BCUT2D eigenvalue weighted by Crippen LogP contribution is -2.37. The number of carbonyl (C=O) groups excluding carboxylic acids is 2. The second-order valence-electron chi connectivity index (χ2n) is 5.44. The maximum absolute atomic E-state index is 12.7. The molecule has 25 heavy (non-hydrogen) atoms. The van der Waals surface area contributed by atoms with Gasteiger partial charge in [-0.1, -0.05) is 29.8 Å². The van der Waals surface area contributed by atoms with E-state index < -0.39 is 34.7 Å². The molecule has 0 bridgehead atoms. The molecule has 1 aliphatic rings. The van der Waals surface area contributed by atoms with Crippen molar-refractivity contribution in [2.45, 2.75) is 18.7 Å². The van der Waals surface area contributed by atoms with E-state index in [2.05, 4.69) is 5.32 Å². The van der Waals surface area contributed by atoms with Crippen molar-refractivity contribution in [3.63, 3.8) is 0 Å². The van der Waals surface area contributed by atoms with Crippen LogP contribution in [0.2, 0.25) is 5.02 Å². The fourth-order valence-corrected chi connectivity index (χ4v) is 2.81. The zero-order valence-corrected chi connectivity index (χ0v) is 13.3. The predicted octanol–water partition coefficient (Wildman–Crippen LogP) is 4.08. The van der Waals surface area contributed by atoms with Gasteiger partial charge in [-0.15, -0.1) is 0 Å². The Morgan fingerprint density at radius 3 is 2.60 bits per heavy atom. The number of ether oxygens (including phenoxy) is 1. The molecule has 0 aliphatic carbocycles. The molecule has 1 N–H and O–H groups in total. The Kier molecular flexibility index (Phi) is 4.43. The van der Waals surface area contributed by atoms with Gasteiger partial charge in [0, 0.05) is 12.1 Å². The van der Waals surface area contributed by atoms with Gasteiger partial charge in [-0.2, -0.15) is 13.2 Å². The molecule has 0 saturated heterocycles. The van der Waals surface area contributed by atoms with Crippen LogP contribution in [0.4, 0.5) is 18.9 Å². The van der Waals surface area contributed by atoms with Crippen LogP contribution in [0.5, 0.6) is 0 Å². The molecule has 1 unspecified atom stereocenters. The highest BCUT2D eigenvalue weighted by molar-refractivity contribution is 6.31. The van der Waals surface area contributed by atoms with Crippen LogP contribution in [0.1, 0.15) is 21.5 Å². The summed E-state index contributed by atoms with van der Waals surface area (Å²) in [4.78, 5) is 24.2. The molecule has 2 aromatic carbocycles. The van der Waals surface area contributed by atoms with Crippen LogP contribution in [0.25, 0.3) is 0 Å². The average molecular weight is 370 g/mol. The van der Waals surface area contributed by atoms with Gasteiger partial charge in [-0.05, 0) is 29.8 Å². The van der Waals surface area contributed by atoms with Gasteiger partial charge in [0.1, 0.15) is 0 Å². The minimum absolute atomic E-state index is 0.0814. The highest BCUT2D eigenvalue weighted by Crippen LogP contribution is 2.36. The summed E-state index contributed by atoms with van der Waals surface area (Å²) < 4.78 is 43.2. The molecule has 2 aromatic rings. The van der Waals surface area contributed by atoms with Crippen LogP contribution in [0.3, 0.4) is 0 Å². The predicted molar refractivity (Wildman–Crippen MR) is 84.4 cm³/mol. The number of hydrogen-bond acceptors (Lipinski definition) is 3. The smallest absolute Gasteiger partial charge is 0.417 e. The van der Waals surface area contributed by atoms with Gasteiger partial charge >= 0.3 is 12.1 Å². The second kappa shape index (κ2) is 6.40. The summed E-state index contributed by atoms with van der Waals surface area (Å²) >= 11 is 5.62. The maximum atomic E-state index is 12.7. The van der Waals surface area contributed by atoms with Gasteiger partial charge in [0.05, 0.1) is 16.1 Å². The third-order valence-electron chi connectivity index (χ3n) is 3.73. The van der Waals surface area contributed by atoms with E-state index in [9.17, 15) is 22.8 Å². The van der Waals surface area contributed by atoms with E-state index in [0.29, 0.717) is 11.1 Å². The fourth-order valence-electron chi connectivity index (χ4n) is 2.52. The van der Waals surface area contributed by atoms with Crippen LogP contribution < -0.4 is 5.32 Å². The Morgan fingerprint density at radius 1 is 1.20 bits per heavy atom. The highest BCUT2D eigenvalue weighted by atomic mass is 35.5. The number of hydrogen-bond donors (Lipinski definition) is 1. The van der Waals surface area contributed by atoms with Gasteiger partial charge in [0.15, 0.2) is 6.10 Å². The zero-order chi connectivity index (χ0) is 18.2. The van der Waals surface area contributed by atoms with E-state index in [0.717, 1.165) is 18.2 Å². The molecule has 0 fully saturated rings. The number of cyclic esters (lactones) is 1. The Balaban J connectivity index is 1.75. The number of nitrogens with one attached hydrogen (secondary N) is 1. The summed E-state index contributed by atoms with van der Waals surface area (Å²) in [6.45, 7) is 0. The number of rotatable bonds is 2. The van der Waals surface area contributed by atoms with Gasteiger partial charge in [0.2, 0.25) is 0 Å². The normalized spacial score (nSPS) is 16.8. The molecule has 0 aromatic heterocycles. The molecule has 1 aliphatic heterocycles. The molecule has 1 atom stereocenters. The average Bonchev–Trinajstić information content (AvgIpc) is 2.53. The highest BCUT2D eigenvalue weighted by Gasteiger charge is 2.34. The molecule has 0 spiro atoms. The van der Waals surface area contributed by atoms with E-state index in [1.165, 1.54) is 0 Å². The number of amides is 1. The summed E-state index contributed by atoms with van der Waals surface area (Å²) in [6.07, 6.45) is -5.46. The third-order valence-corrected chi connectivity index (χ3v) is 4.04. The number of alkyl halides is 3. The molecule has 0 radical (unpaired) electrons. The first-order valence-corrected chi connectivity index (χ1v) is 7.60.